The molecule has 0 aromatic rings. The predicted molar refractivity (Wildman–Crippen MR) is 65.9 cm³/mol. The Labute approximate surface area is 128 Å². The van der Waals surface area contributed by atoms with E-state index in [0.717, 1.165) is 0 Å². The highest BCUT2D eigenvalue weighted by molar-refractivity contribution is 7.91. The number of likely N-dealkylation sites (N-methyl/N-ethyl adjacent to an activating group) is 1. The highest BCUT2D eigenvalue weighted by Crippen LogP contribution is 2.50. The fourth-order valence-electron chi connectivity index (χ4n) is 1.70. The van der Waals surface area contributed by atoms with Crippen LogP contribution in [0.2, 0.25) is 0 Å². The molecule has 1 aliphatic heterocycles. The summed E-state index contributed by atoms with van der Waals surface area (Å²) in [5.41, 5.74) is 0. The zero-order chi connectivity index (χ0) is 18.5. The molecule has 0 unspecified atom stereocenters. The topological polar surface area (TPSA) is 101 Å². The van der Waals surface area contributed by atoms with Crippen LogP contribution in [-0.4, -0.2) is 75.7 Å². The first kappa shape index (κ1) is 20.4. The lowest BCUT2D eigenvalue weighted by Crippen LogP contribution is -2.65. The van der Waals surface area contributed by atoms with E-state index in [0.29, 0.717) is 0 Å². The van der Waals surface area contributed by atoms with Crippen LogP contribution < -0.4 is 5.14 Å². The van der Waals surface area contributed by atoms with Gasteiger partial charge in [-0.2, -0.15) is 30.6 Å². The van der Waals surface area contributed by atoms with Gasteiger partial charge in [-0.3, -0.25) is 0 Å². The van der Waals surface area contributed by atoms with Gasteiger partial charge in [0.1, 0.15) is 0 Å². The van der Waals surface area contributed by atoms with Gasteiger partial charge in [0, 0.05) is 26.2 Å². The first-order chi connectivity index (χ1) is 10.00. The summed E-state index contributed by atoms with van der Waals surface area (Å²) in [6, 6.07) is 0. The van der Waals surface area contributed by atoms with Gasteiger partial charge in [-0.25, -0.2) is 22.0 Å². The van der Waals surface area contributed by atoms with Crippen LogP contribution in [0.5, 0.6) is 0 Å². The second-order valence-corrected chi connectivity index (χ2v) is 8.44. The van der Waals surface area contributed by atoms with E-state index < -0.39 is 49.6 Å². The molecule has 15 heteroatoms. The fourth-order valence-corrected chi connectivity index (χ4v) is 3.67. The number of sulfonamides is 2. The standard InChI is InChI=1S/C8H13F6N3O4S2/c1-16-2-4-17(5-3-16)23(20,21)8(13,14)6(9,10)7(11,12)22(15,18)19/h2-5H2,1H3,(H2,15,18,19). The van der Waals surface area contributed by atoms with Crippen LogP contribution in [0, 0.1) is 0 Å². The van der Waals surface area contributed by atoms with Crippen LogP contribution in [0.15, 0.2) is 0 Å². The molecule has 0 saturated carbocycles. The Morgan fingerprint density at radius 2 is 1.22 bits per heavy atom. The van der Waals surface area contributed by atoms with E-state index in [1.54, 1.807) is 0 Å². The molecular weight excluding hydrogens is 380 g/mol. The van der Waals surface area contributed by atoms with Gasteiger partial charge in [-0.1, -0.05) is 0 Å². The summed E-state index contributed by atoms with van der Waals surface area (Å²) in [5.74, 6) is -6.77. The zero-order valence-electron chi connectivity index (χ0n) is 11.5. The minimum atomic E-state index is -6.77. The van der Waals surface area contributed by atoms with E-state index in [9.17, 15) is 43.2 Å². The fraction of sp³-hybridized carbons (Fsp3) is 1.00. The molecule has 1 heterocycles. The minimum absolute atomic E-state index is 0.0971. The number of nitrogens with zero attached hydrogens (tertiary/aromatic N) is 2. The van der Waals surface area contributed by atoms with E-state index in [1.807, 2.05) is 0 Å². The number of hydrogen-bond donors (Lipinski definition) is 1. The first-order valence-corrected chi connectivity index (χ1v) is 8.83. The monoisotopic (exact) mass is 393 g/mol. The van der Waals surface area contributed by atoms with Gasteiger partial charge >= 0.3 is 16.4 Å². The number of primary sulfonamides is 1. The number of piperazine rings is 1. The van der Waals surface area contributed by atoms with Gasteiger partial charge in [0.2, 0.25) is 0 Å². The van der Waals surface area contributed by atoms with Gasteiger partial charge in [-0.15, -0.1) is 0 Å². The molecule has 1 fully saturated rings. The Morgan fingerprint density at radius 3 is 1.57 bits per heavy atom. The molecule has 0 aromatic carbocycles. The molecule has 1 saturated heterocycles. The van der Waals surface area contributed by atoms with Crippen molar-refractivity contribution >= 4 is 20.0 Å². The van der Waals surface area contributed by atoms with Crippen molar-refractivity contribution in [2.75, 3.05) is 33.2 Å². The van der Waals surface area contributed by atoms with Crippen molar-refractivity contribution in [2.45, 2.75) is 16.4 Å². The van der Waals surface area contributed by atoms with Crippen LogP contribution in [0.3, 0.4) is 0 Å². The summed E-state index contributed by atoms with van der Waals surface area (Å²) in [4.78, 5) is 1.49. The van der Waals surface area contributed by atoms with Crippen LogP contribution in [-0.2, 0) is 20.0 Å². The summed E-state index contributed by atoms with van der Waals surface area (Å²) in [6.07, 6.45) is 0. The number of rotatable bonds is 5. The molecule has 0 aliphatic carbocycles. The number of hydrogen-bond acceptors (Lipinski definition) is 5. The van der Waals surface area contributed by atoms with E-state index in [-0.39, 0.29) is 17.4 Å². The number of nitrogens with two attached hydrogens (primary N) is 1. The van der Waals surface area contributed by atoms with Gasteiger partial charge in [0.15, 0.2) is 0 Å². The summed E-state index contributed by atoms with van der Waals surface area (Å²) in [7, 11) is -11.3. The SMILES string of the molecule is CN1CCN(S(=O)(=O)C(F)(F)C(F)(F)C(F)(F)S(N)(=O)=O)CC1. The first-order valence-electron chi connectivity index (χ1n) is 5.84. The van der Waals surface area contributed by atoms with Crippen LogP contribution in [0.1, 0.15) is 0 Å². The largest absolute Gasteiger partial charge is 0.428 e. The van der Waals surface area contributed by atoms with E-state index in [4.69, 9.17) is 0 Å². The van der Waals surface area contributed by atoms with Crippen molar-refractivity contribution in [1.82, 2.24) is 9.21 Å². The molecule has 1 rings (SSSR count). The molecule has 0 bridgehead atoms. The third-order valence-corrected chi connectivity index (χ3v) is 6.13. The van der Waals surface area contributed by atoms with Crippen molar-refractivity contribution in [1.29, 1.82) is 0 Å². The minimum Gasteiger partial charge on any atom is -0.304 e. The maximum absolute atomic E-state index is 13.7. The zero-order valence-corrected chi connectivity index (χ0v) is 13.2. The second-order valence-electron chi connectivity index (χ2n) is 4.86. The summed E-state index contributed by atoms with van der Waals surface area (Å²) >= 11 is 0. The normalized spacial score (nSPS) is 20.7. The van der Waals surface area contributed by atoms with E-state index in [1.165, 1.54) is 11.9 Å². The van der Waals surface area contributed by atoms with Crippen molar-refractivity contribution in [3.8, 4) is 0 Å². The quantitative estimate of drug-likeness (QED) is 0.645. The molecule has 0 atom stereocenters. The molecule has 0 amide bonds. The maximum Gasteiger partial charge on any atom is 0.428 e. The van der Waals surface area contributed by atoms with Crippen LogP contribution in [0.4, 0.5) is 26.3 Å². The number of alkyl halides is 6. The van der Waals surface area contributed by atoms with Crippen molar-refractivity contribution < 1.29 is 43.2 Å². The van der Waals surface area contributed by atoms with Gasteiger partial charge in [0.25, 0.3) is 20.0 Å². The molecule has 2 N–H and O–H groups in total. The Hall–Kier alpha value is -0.640. The summed E-state index contributed by atoms with van der Waals surface area (Å²) in [5, 5.41) is -9.04. The summed E-state index contributed by atoms with van der Waals surface area (Å²) < 4.78 is 125. The predicted octanol–water partition coefficient (Wildman–Crippen LogP) is -0.327. The number of halogens is 6. The van der Waals surface area contributed by atoms with Crippen molar-refractivity contribution in [3.63, 3.8) is 0 Å². The smallest absolute Gasteiger partial charge is 0.304 e. The molecule has 138 valence electrons. The van der Waals surface area contributed by atoms with E-state index in [2.05, 4.69) is 5.14 Å². The molecule has 7 nitrogen and oxygen atoms in total. The van der Waals surface area contributed by atoms with Crippen LogP contribution >= 0.6 is 0 Å². The molecular formula is C8H13F6N3O4S2. The van der Waals surface area contributed by atoms with E-state index >= 15 is 0 Å². The lowest BCUT2D eigenvalue weighted by atomic mass is 10.3. The Morgan fingerprint density at radius 1 is 0.826 bits per heavy atom. The van der Waals surface area contributed by atoms with Gasteiger partial charge in [0.05, 0.1) is 0 Å². The van der Waals surface area contributed by atoms with Crippen molar-refractivity contribution in [3.05, 3.63) is 0 Å². The summed E-state index contributed by atoms with van der Waals surface area (Å²) in [6.45, 7) is -1.50. The maximum atomic E-state index is 13.7. The Kier molecular flexibility index (Phi) is 5.07. The highest BCUT2D eigenvalue weighted by Gasteiger charge is 2.82. The van der Waals surface area contributed by atoms with Gasteiger partial charge in [-0.05, 0) is 7.05 Å². The molecule has 0 spiro atoms. The van der Waals surface area contributed by atoms with Gasteiger partial charge < -0.3 is 4.90 Å². The lowest BCUT2D eigenvalue weighted by molar-refractivity contribution is -0.245. The average Bonchev–Trinajstić information content (AvgIpc) is 2.37. The Bertz CT molecular complexity index is 657. The second kappa shape index (κ2) is 5.72. The molecule has 23 heavy (non-hydrogen) atoms. The molecule has 1 aliphatic rings. The third kappa shape index (κ3) is 3.04. The highest BCUT2D eigenvalue weighted by atomic mass is 32.2. The third-order valence-electron chi connectivity index (χ3n) is 3.21. The molecule has 0 aromatic heterocycles. The Balaban J connectivity index is 3.33. The molecule has 0 radical (unpaired) electrons. The average molecular weight is 393 g/mol. The lowest BCUT2D eigenvalue weighted by Gasteiger charge is -2.37. The van der Waals surface area contributed by atoms with Crippen LogP contribution in [0.25, 0.3) is 0 Å². The van der Waals surface area contributed by atoms with Crippen molar-refractivity contribution in [2.24, 2.45) is 5.14 Å².